The predicted octanol–water partition coefficient (Wildman–Crippen LogP) is 4.55. The highest BCUT2D eigenvalue weighted by Gasteiger charge is 2.34. The molecule has 1 aromatic carbocycles. The molecule has 2 saturated heterocycles. The lowest BCUT2D eigenvalue weighted by Crippen LogP contribution is -2.51. The van der Waals surface area contributed by atoms with Gasteiger partial charge in [-0.3, -0.25) is 4.90 Å². The standard InChI is InChI=1S/C27H40N2O4/c1-3-4-8-20-17-26(31)33-27-22(20)11-12-25(30)23(27)19-28(15-16-32-2)18-21-9-7-14-29-13-6-5-10-24(21)29/h11-12,17,21,24,30H,3-10,13-16,18-19H2,1-2H3/t21-,24+/m0/s1. The van der Waals surface area contributed by atoms with Gasteiger partial charge < -0.3 is 19.2 Å². The quantitative estimate of drug-likeness (QED) is 0.529. The average Bonchev–Trinajstić information content (AvgIpc) is 2.82. The van der Waals surface area contributed by atoms with Crippen LogP contribution in [0.5, 0.6) is 5.75 Å². The van der Waals surface area contributed by atoms with Crippen LogP contribution >= 0.6 is 0 Å². The van der Waals surface area contributed by atoms with Crippen molar-refractivity contribution < 1.29 is 14.3 Å². The maximum atomic E-state index is 12.4. The van der Waals surface area contributed by atoms with Crippen molar-refractivity contribution in [3.63, 3.8) is 0 Å². The minimum atomic E-state index is -0.339. The van der Waals surface area contributed by atoms with Gasteiger partial charge in [-0.2, -0.15) is 0 Å². The Morgan fingerprint density at radius 1 is 1.21 bits per heavy atom. The second-order valence-electron chi connectivity index (χ2n) is 9.86. The van der Waals surface area contributed by atoms with Gasteiger partial charge in [0.25, 0.3) is 0 Å². The number of hydrogen-bond donors (Lipinski definition) is 1. The van der Waals surface area contributed by atoms with E-state index in [0.717, 1.165) is 48.9 Å². The number of ether oxygens (including phenoxy) is 1. The van der Waals surface area contributed by atoms with Crippen LogP contribution in [0.25, 0.3) is 11.0 Å². The summed E-state index contributed by atoms with van der Waals surface area (Å²) >= 11 is 0. The molecule has 0 unspecified atom stereocenters. The minimum Gasteiger partial charge on any atom is -0.507 e. The SMILES string of the molecule is CCCCc1cc(=O)oc2c(CN(CCOC)C[C@@H]3CCCN4CCCC[C@H]34)c(O)ccc12. The first-order chi connectivity index (χ1) is 16.1. The van der Waals surface area contributed by atoms with Gasteiger partial charge in [-0.25, -0.2) is 4.79 Å². The summed E-state index contributed by atoms with van der Waals surface area (Å²) in [5.41, 5.74) is 1.93. The van der Waals surface area contributed by atoms with Crippen molar-refractivity contribution in [2.75, 3.05) is 39.9 Å². The molecule has 0 saturated carbocycles. The van der Waals surface area contributed by atoms with Crippen LogP contribution in [0.2, 0.25) is 0 Å². The second kappa shape index (κ2) is 11.5. The van der Waals surface area contributed by atoms with E-state index >= 15 is 0 Å². The molecule has 0 bridgehead atoms. The second-order valence-corrected chi connectivity index (χ2v) is 9.86. The molecular weight excluding hydrogens is 416 g/mol. The van der Waals surface area contributed by atoms with Crippen molar-refractivity contribution in [3.05, 3.63) is 39.7 Å². The first kappa shape index (κ1) is 24.2. The highest BCUT2D eigenvalue weighted by atomic mass is 16.5. The number of unbranched alkanes of at least 4 members (excludes halogenated alkanes) is 1. The first-order valence-electron chi connectivity index (χ1n) is 12.8. The zero-order chi connectivity index (χ0) is 23.2. The lowest BCUT2D eigenvalue weighted by atomic mass is 9.83. The van der Waals surface area contributed by atoms with E-state index in [4.69, 9.17) is 9.15 Å². The van der Waals surface area contributed by atoms with Gasteiger partial charge in [0, 0.05) is 44.2 Å². The molecule has 3 heterocycles. The number of aryl methyl sites for hydroxylation is 1. The Bertz CT molecular complexity index is 970. The van der Waals surface area contributed by atoms with Crippen LogP contribution in [0, 0.1) is 5.92 Å². The Morgan fingerprint density at radius 2 is 2.06 bits per heavy atom. The van der Waals surface area contributed by atoms with E-state index < -0.39 is 0 Å². The van der Waals surface area contributed by atoms with E-state index in [1.165, 1.54) is 45.2 Å². The molecule has 1 aromatic heterocycles. The third-order valence-electron chi connectivity index (χ3n) is 7.59. The van der Waals surface area contributed by atoms with Crippen molar-refractivity contribution in [3.8, 4) is 5.75 Å². The number of hydrogen-bond acceptors (Lipinski definition) is 6. The monoisotopic (exact) mass is 456 g/mol. The molecule has 33 heavy (non-hydrogen) atoms. The summed E-state index contributed by atoms with van der Waals surface area (Å²) in [5.74, 6) is 0.823. The largest absolute Gasteiger partial charge is 0.507 e. The van der Waals surface area contributed by atoms with Crippen molar-refractivity contribution >= 4 is 11.0 Å². The number of piperidine rings is 2. The van der Waals surface area contributed by atoms with Crippen molar-refractivity contribution in [2.24, 2.45) is 5.92 Å². The van der Waals surface area contributed by atoms with Crippen molar-refractivity contribution in [1.29, 1.82) is 0 Å². The van der Waals surface area contributed by atoms with E-state index in [-0.39, 0.29) is 11.4 Å². The molecule has 2 aromatic rings. The van der Waals surface area contributed by atoms with Gasteiger partial charge in [-0.15, -0.1) is 0 Å². The molecule has 0 amide bonds. The Balaban J connectivity index is 1.61. The molecule has 0 radical (unpaired) electrons. The molecule has 4 rings (SSSR count). The topological polar surface area (TPSA) is 66.2 Å². The van der Waals surface area contributed by atoms with Crippen LogP contribution in [-0.4, -0.2) is 60.8 Å². The lowest BCUT2D eigenvalue weighted by molar-refractivity contribution is 0.0335. The molecule has 6 nitrogen and oxygen atoms in total. The van der Waals surface area contributed by atoms with Crippen LogP contribution in [-0.2, 0) is 17.7 Å². The Morgan fingerprint density at radius 3 is 2.88 bits per heavy atom. The number of rotatable bonds is 10. The fraction of sp³-hybridized carbons (Fsp3) is 0.667. The van der Waals surface area contributed by atoms with Crippen LogP contribution < -0.4 is 5.63 Å². The summed E-state index contributed by atoms with van der Waals surface area (Å²) in [6.45, 7) is 7.56. The molecule has 2 fully saturated rings. The van der Waals surface area contributed by atoms with Gasteiger partial charge >= 0.3 is 5.63 Å². The van der Waals surface area contributed by atoms with Gasteiger partial charge in [0.05, 0.1) is 12.2 Å². The number of methoxy groups -OCH3 is 1. The van der Waals surface area contributed by atoms with Crippen molar-refractivity contribution in [1.82, 2.24) is 9.80 Å². The van der Waals surface area contributed by atoms with Gasteiger partial charge in [-0.05, 0) is 75.2 Å². The van der Waals surface area contributed by atoms with Crippen LogP contribution in [0.1, 0.15) is 63.0 Å². The highest BCUT2D eigenvalue weighted by molar-refractivity contribution is 5.85. The number of phenols is 1. The summed E-state index contributed by atoms with van der Waals surface area (Å²) in [4.78, 5) is 17.5. The van der Waals surface area contributed by atoms with E-state index in [2.05, 4.69) is 16.7 Å². The normalized spacial score (nSPS) is 21.5. The summed E-state index contributed by atoms with van der Waals surface area (Å²) in [6, 6.07) is 5.92. The minimum absolute atomic E-state index is 0.198. The molecule has 2 atom stereocenters. The van der Waals surface area contributed by atoms with Crippen molar-refractivity contribution in [2.45, 2.75) is 70.9 Å². The number of phenolic OH excluding ortho intramolecular Hbond substituents is 1. The molecule has 6 heteroatoms. The zero-order valence-corrected chi connectivity index (χ0v) is 20.4. The van der Waals surface area contributed by atoms with E-state index in [1.807, 2.05) is 6.07 Å². The maximum Gasteiger partial charge on any atom is 0.336 e. The summed E-state index contributed by atoms with van der Waals surface area (Å²) in [6.07, 6.45) is 9.38. The third kappa shape index (κ3) is 5.79. The molecule has 182 valence electrons. The highest BCUT2D eigenvalue weighted by Crippen LogP contribution is 2.34. The van der Waals surface area contributed by atoms with E-state index in [1.54, 1.807) is 19.2 Å². The molecule has 2 aliphatic heterocycles. The maximum absolute atomic E-state index is 12.4. The third-order valence-corrected chi connectivity index (χ3v) is 7.59. The average molecular weight is 457 g/mol. The Hall–Kier alpha value is -1.89. The van der Waals surface area contributed by atoms with E-state index in [9.17, 15) is 9.90 Å². The lowest BCUT2D eigenvalue weighted by Gasteiger charge is -2.45. The molecular formula is C27H40N2O4. The Kier molecular flexibility index (Phi) is 8.45. The molecule has 0 aliphatic carbocycles. The number of fused-ring (bicyclic) bond motifs is 2. The molecule has 1 N–H and O–H groups in total. The van der Waals surface area contributed by atoms with Gasteiger partial charge in [0.2, 0.25) is 0 Å². The van der Waals surface area contributed by atoms with Gasteiger partial charge in [0.1, 0.15) is 11.3 Å². The van der Waals surface area contributed by atoms with Gasteiger partial charge in [-0.1, -0.05) is 19.8 Å². The van der Waals surface area contributed by atoms with E-state index in [0.29, 0.717) is 30.7 Å². The summed E-state index contributed by atoms with van der Waals surface area (Å²) in [5, 5.41) is 11.7. The van der Waals surface area contributed by atoms with Crippen LogP contribution in [0.15, 0.2) is 27.4 Å². The fourth-order valence-electron chi connectivity index (χ4n) is 5.86. The van der Waals surface area contributed by atoms with Crippen LogP contribution in [0.3, 0.4) is 0 Å². The fourth-order valence-corrected chi connectivity index (χ4v) is 5.86. The first-order valence-corrected chi connectivity index (χ1v) is 12.8. The predicted molar refractivity (Wildman–Crippen MR) is 132 cm³/mol. The smallest absolute Gasteiger partial charge is 0.336 e. The summed E-state index contributed by atoms with van der Waals surface area (Å²) < 4.78 is 11.1. The van der Waals surface area contributed by atoms with Gasteiger partial charge in [0.15, 0.2) is 0 Å². The number of benzene rings is 1. The Labute approximate surface area is 197 Å². The number of nitrogens with zero attached hydrogens (tertiary/aromatic N) is 2. The molecule has 2 aliphatic rings. The summed E-state index contributed by atoms with van der Waals surface area (Å²) in [7, 11) is 1.73. The van der Waals surface area contributed by atoms with Crippen LogP contribution in [0.4, 0.5) is 0 Å². The zero-order valence-electron chi connectivity index (χ0n) is 20.4. The number of aromatic hydroxyl groups is 1. The molecule has 0 spiro atoms.